The van der Waals surface area contributed by atoms with Crippen LogP contribution in [-0.2, 0) is 14.3 Å². The van der Waals surface area contributed by atoms with Crippen molar-refractivity contribution >= 4 is 28.3 Å². The molecule has 158 valence electrons. The topological polar surface area (TPSA) is 66.8 Å². The van der Waals surface area contributed by atoms with Crippen molar-refractivity contribution in [3.8, 4) is 0 Å². The fourth-order valence-electron chi connectivity index (χ4n) is 6.74. The van der Waals surface area contributed by atoms with Gasteiger partial charge in [0.15, 0.2) is 6.61 Å². The summed E-state index contributed by atoms with van der Waals surface area (Å²) in [6.07, 6.45) is 4.80. The van der Waals surface area contributed by atoms with E-state index in [1.165, 1.54) is 0 Å². The van der Waals surface area contributed by atoms with Gasteiger partial charge in [0.25, 0.3) is 5.91 Å². The maximum atomic E-state index is 13.1. The fourth-order valence-corrected chi connectivity index (χ4v) is 6.74. The van der Waals surface area contributed by atoms with E-state index in [0.29, 0.717) is 24.8 Å². The van der Waals surface area contributed by atoms with Gasteiger partial charge < -0.3 is 14.7 Å². The highest BCUT2D eigenvalue weighted by Crippen LogP contribution is 2.61. The van der Waals surface area contributed by atoms with Gasteiger partial charge in [-0.1, -0.05) is 36.4 Å². The van der Waals surface area contributed by atoms with E-state index in [-0.39, 0.29) is 18.5 Å². The Morgan fingerprint density at radius 3 is 2.47 bits per heavy atom. The van der Waals surface area contributed by atoms with E-state index in [0.717, 1.165) is 48.6 Å². The van der Waals surface area contributed by atoms with Crippen LogP contribution in [0.5, 0.6) is 0 Å². The van der Waals surface area contributed by atoms with Gasteiger partial charge in [-0.15, -0.1) is 0 Å². The number of fused-ring (bicyclic) bond motifs is 1. The van der Waals surface area contributed by atoms with Crippen LogP contribution in [0.1, 0.15) is 45.4 Å². The molecule has 0 aliphatic heterocycles. The summed E-state index contributed by atoms with van der Waals surface area (Å²) >= 11 is 0. The summed E-state index contributed by atoms with van der Waals surface area (Å²) in [5, 5.41) is 13.0. The van der Waals surface area contributed by atoms with Crippen molar-refractivity contribution in [2.75, 3.05) is 18.1 Å². The largest absolute Gasteiger partial charge is 0.455 e. The highest BCUT2D eigenvalue weighted by atomic mass is 16.5. The number of hydrogen-bond acceptors (Lipinski definition) is 4. The second-order valence-electron chi connectivity index (χ2n) is 9.68. The SMILES string of the molecule is CCN(C(=O)COC(=O)C12CC3CC(CC(O)(C3)C1)C2)c1cccc2ccccc12. The lowest BCUT2D eigenvalue weighted by atomic mass is 9.48. The van der Waals surface area contributed by atoms with Crippen molar-refractivity contribution in [1.29, 1.82) is 0 Å². The van der Waals surface area contributed by atoms with Crippen molar-refractivity contribution in [1.82, 2.24) is 0 Å². The second-order valence-corrected chi connectivity index (χ2v) is 9.68. The molecule has 4 bridgehead atoms. The van der Waals surface area contributed by atoms with E-state index in [2.05, 4.69) is 0 Å². The van der Waals surface area contributed by atoms with Crippen LogP contribution in [0, 0.1) is 17.3 Å². The molecular weight excluding hydrogens is 378 g/mol. The Hall–Kier alpha value is -2.40. The molecule has 0 radical (unpaired) electrons. The first-order valence-corrected chi connectivity index (χ1v) is 11.1. The Kier molecular flexibility index (Phi) is 4.62. The number of likely N-dealkylation sites (N-methyl/N-ethyl adjacent to an activating group) is 1. The zero-order chi connectivity index (χ0) is 20.9. The number of esters is 1. The summed E-state index contributed by atoms with van der Waals surface area (Å²) in [4.78, 5) is 27.8. The summed E-state index contributed by atoms with van der Waals surface area (Å²) in [6, 6.07) is 13.9. The highest BCUT2D eigenvalue weighted by Gasteiger charge is 2.60. The normalized spacial score (nSPS) is 31.7. The molecule has 1 amide bonds. The molecule has 0 aromatic heterocycles. The molecule has 4 aliphatic carbocycles. The molecule has 2 aromatic carbocycles. The minimum atomic E-state index is -0.717. The Bertz CT molecular complexity index is 980. The van der Waals surface area contributed by atoms with Gasteiger partial charge in [0.1, 0.15) is 0 Å². The number of rotatable bonds is 5. The Morgan fingerprint density at radius 1 is 1.07 bits per heavy atom. The van der Waals surface area contributed by atoms with Gasteiger partial charge in [-0.3, -0.25) is 9.59 Å². The Balaban J connectivity index is 1.31. The predicted molar refractivity (Wildman–Crippen MR) is 115 cm³/mol. The molecule has 5 nitrogen and oxygen atoms in total. The van der Waals surface area contributed by atoms with E-state index in [1.54, 1.807) is 4.90 Å². The minimum Gasteiger partial charge on any atom is -0.455 e. The molecule has 0 saturated heterocycles. The zero-order valence-corrected chi connectivity index (χ0v) is 17.5. The van der Waals surface area contributed by atoms with Crippen LogP contribution in [0.4, 0.5) is 5.69 Å². The zero-order valence-electron chi connectivity index (χ0n) is 17.5. The lowest BCUT2D eigenvalue weighted by Crippen LogP contribution is -2.58. The average Bonchev–Trinajstić information content (AvgIpc) is 2.71. The number of amides is 1. The minimum absolute atomic E-state index is 0.217. The van der Waals surface area contributed by atoms with Crippen LogP contribution in [0.2, 0.25) is 0 Å². The third-order valence-electron chi connectivity index (χ3n) is 7.46. The molecule has 1 N–H and O–H groups in total. The van der Waals surface area contributed by atoms with Gasteiger partial charge in [-0.2, -0.15) is 0 Å². The number of ether oxygens (including phenoxy) is 1. The molecule has 6 rings (SSSR count). The molecule has 30 heavy (non-hydrogen) atoms. The molecule has 2 aromatic rings. The third kappa shape index (κ3) is 3.20. The van der Waals surface area contributed by atoms with E-state index >= 15 is 0 Å². The van der Waals surface area contributed by atoms with Crippen molar-refractivity contribution in [3.05, 3.63) is 42.5 Å². The van der Waals surface area contributed by atoms with E-state index in [1.807, 2.05) is 49.4 Å². The summed E-state index contributed by atoms with van der Waals surface area (Å²) < 4.78 is 5.61. The second kappa shape index (κ2) is 7.09. The maximum absolute atomic E-state index is 13.1. The maximum Gasteiger partial charge on any atom is 0.312 e. The van der Waals surface area contributed by atoms with Gasteiger partial charge >= 0.3 is 5.97 Å². The van der Waals surface area contributed by atoms with Crippen LogP contribution >= 0.6 is 0 Å². The summed E-state index contributed by atoms with van der Waals surface area (Å²) in [5.41, 5.74) is -0.484. The number of carbonyl (C=O) groups excluding carboxylic acids is 2. The summed E-state index contributed by atoms with van der Waals surface area (Å²) in [5.74, 6) is 0.299. The third-order valence-corrected chi connectivity index (χ3v) is 7.46. The van der Waals surface area contributed by atoms with Crippen LogP contribution in [0.3, 0.4) is 0 Å². The molecule has 4 saturated carbocycles. The first-order chi connectivity index (χ1) is 14.4. The van der Waals surface area contributed by atoms with E-state index in [9.17, 15) is 14.7 Å². The van der Waals surface area contributed by atoms with Crippen molar-refractivity contribution in [2.24, 2.45) is 17.3 Å². The number of aliphatic hydroxyl groups is 1. The van der Waals surface area contributed by atoms with Gasteiger partial charge in [0.2, 0.25) is 0 Å². The Labute approximate surface area is 177 Å². The Morgan fingerprint density at radius 2 is 1.77 bits per heavy atom. The molecule has 4 fully saturated rings. The van der Waals surface area contributed by atoms with E-state index in [4.69, 9.17) is 4.74 Å². The molecular formula is C25H29NO4. The number of carbonyl (C=O) groups is 2. The highest BCUT2D eigenvalue weighted by molar-refractivity contribution is 6.04. The van der Waals surface area contributed by atoms with Crippen LogP contribution in [0.15, 0.2) is 42.5 Å². The first-order valence-electron chi connectivity index (χ1n) is 11.1. The molecule has 5 heteroatoms. The first kappa shape index (κ1) is 19.6. The monoisotopic (exact) mass is 407 g/mol. The van der Waals surface area contributed by atoms with Crippen molar-refractivity contribution in [3.63, 3.8) is 0 Å². The fraction of sp³-hybridized carbons (Fsp3) is 0.520. The van der Waals surface area contributed by atoms with Crippen LogP contribution < -0.4 is 4.90 Å². The molecule has 0 spiro atoms. The molecule has 2 atom stereocenters. The van der Waals surface area contributed by atoms with Gasteiger partial charge in [0, 0.05) is 11.9 Å². The molecule has 0 heterocycles. The van der Waals surface area contributed by atoms with Crippen LogP contribution in [0.25, 0.3) is 10.8 Å². The lowest BCUT2D eigenvalue weighted by Gasteiger charge is -2.58. The summed E-state index contributed by atoms with van der Waals surface area (Å²) in [6.45, 7) is 2.17. The quantitative estimate of drug-likeness (QED) is 0.759. The van der Waals surface area contributed by atoms with Gasteiger partial charge in [0.05, 0.1) is 16.7 Å². The average molecular weight is 408 g/mol. The standard InChI is InChI=1S/C25H29NO4/c1-2-26(21-9-5-7-19-6-3-4-8-20(19)21)22(27)15-30-23(28)24-11-17-10-18(12-24)14-25(29,13-17)16-24/h3-9,17-18,29H,2,10-16H2,1H3. The van der Waals surface area contributed by atoms with Crippen LogP contribution in [-0.4, -0.2) is 35.7 Å². The summed E-state index contributed by atoms with van der Waals surface area (Å²) in [7, 11) is 0. The predicted octanol–water partition coefficient (Wildman–Crippen LogP) is 4.07. The number of hydrogen-bond donors (Lipinski definition) is 1. The smallest absolute Gasteiger partial charge is 0.312 e. The molecule has 4 aliphatic rings. The number of anilines is 1. The van der Waals surface area contributed by atoms with E-state index < -0.39 is 11.0 Å². The van der Waals surface area contributed by atoms with Crippen molar-refractivity contribution in [2.45, 2.75) is 51.0 Å². The molecule has 2 unspecified atom stereocenters. The number of nitrogens with zero attached hydrogens (tertiary/aromatic N) is 1. The van der Waals surface area contributed by atoms with Gasteiger partial charge in [-0.05, 0) is 68.7 Å². The number of benzene rings is 2. The van der Waals surface area contributed by atoms with Crippen molar-refractivity contribution < 1.29 is 19.4 Å². The lowest BCUT2D eigenvalue weighted by molar-refractivity contribution is -0.196. The van der Waals surface area contributed by atoms with Gasteiger partial charge in [-0.25, -0.2) is 0 Å².